The number of nitrogens with zero attached hydrogens (tertiary/aromatic N) is 2. The standard InChI is InChI=1S/C16H19N3O3S2/c1-5-22-14(21)16(3,4)12-9-23-15(18-12)19-13(20)7-6-11-8-17-10(2)24-11/h6-9H,5H2,1-4H3,(H,18,19,20). The predicted octanol–water partition coefficient (Wildman–Crippen LogP) is 3.40. The zero-order valence-electron chi connectivity index (χ0n) is 14.0. The second-order valence-electron chi connectivity index (χ2n) is 5.49. The highest BCUT2D eigenvalue weighted by atomic mass is 32.1. The maximum Gasteiger partial charge on any atom is 0.317 e. The lowest BCUT2D eigenvalue weighted by atomic mass is 9.90. The van der Waals surface area contributed by atoms with Gasteiger partial charge < -0.3 is 4.74 Å². The first-order valence-electron chi connectivity index (χ1n) is 7.37. The van der Waals surface area contributed by atoms with Gasteiger partial charge in [-0.1, -0.05) is 0 Å². The molecule has 0 saturated carbocycles. The highest BCUT2D eigenvalue weighted by Crippen LogP contribution is 2.28. The first-order chi connectivity index (χ1) is 11.3. The van der Waals surface area contributed by atoms with E-state index in [4.69, 9.17) is 4.74 Å². The van der Waals surface area contributed by atoms with Crippen molar-refractivity contribution in [2.75, 3.05) is 11.9 Å². The van der Waals surface area contributed by atoms with Crippen LogP contribution in [0.2, 0.25) is 0 Å². The van der Waals surface area contributed by atoms with Gasteiger partial charge >= 0.3 is 5.97 Å². The number of aryl methyl sites for hydroxylation is 1. The molecule has 0 aliphatic heterocycles. The monoisotopic (exact) mass is 365 g/mol. The summed E-state index contributed by atoms with van der Waals surface area (Å²) in [6.07, 6.45) is 4.86. The zero-order chi connectivity index (χ0) is 17.7. The Morgan fingerprint density at radius 3 is 2.79 bits per heavy atom. The smallest absolute Gasteiger partial charge is 0.317 e. The number of carbonyl (C=O) groups is 2. The number of anilines is 1. The Morgan fingerprint density at radius 2 is 2.17 bits per heavy atom. The van der Waals surface area contributed by atoms with Gasteiger partial charge in [0.05, 0.1) is 17.3 Å². The molecular formula is C16H19N3O3S2. The van der Waals surface area contributed by atoms with E-state index < -0.39 is 5.41 Å². The second kappa shape index (κ2) is 7.67. The van der Waals surface area contributed by atoms with Crippen LogP contribution in [0.4, 0.5) is 5.13 Å². The molecule has 0 atom stereocenters. The predicted molar refractivity (Wildman–Crippen MR) is 96.3 cm³/mol. The van der Waals surface area contributed by atoms with Crippen LogP contribution in [0, 0.1) is 6.92 Å². The number of nitrogens with one attached hydrogen (secondary N) is 1. The largest absolute Gasteiger partial charge is 0.465 e. The fourth-order valence-electron chi connectivity index (χ4n) is 1.79. The van der Waals surface area contributed by atoms with Crippen LogP contribution >= 0.6 is 22.7 Å². The van der Waals surface area contributed by atoms with E-state index >= 15 is 0 Å². The Labute approximate surface area is 148 Å². The average Bonchev–Trinajstić information content (AvgIpc) is 3.15. The Kier molecular flexibility index (Phi) is 5.84. The van der Waals surface area contributed by atoms with Crippen molar-refractivity contribution >= 4 is 45.8 Å². The van der Waals surface area contributed by atoms with E-state index in [9.17, 15) is 9.59 Å². The van der Waals surface area contributed by atoms with Gasteiger partial charge in [0.25, 0.3) is 0 Å². The molecular weight excluding hydrogens is 346 g/mol. The summed E-state index contributed by atoms with van der Waals surface area (Å²) in [5.41, 5.74) is -0.283. The number of hydrogen-bond acceptors (Lipinski definition) is 7. The van der Waals surface area contributed by atoms with Crippen molar-refractivity contribution in [1.29, 1.82) is 0 Å². The van der Waals surface area contributed by atoms with Crippen LogP contribution in [0.25, 0.3) is 6.08 Å². The summed E-state index contributed by atoms with van der Waals surface area (Å²) < 4.78 is 5.06. The number of carbonyl (C=O) groups excluding carboxylic acids is 2. The van der Waals surface area contributed by atoms with E-state index in [2.05, 4.69) is 15.3 Å². The van der Waals surface area contributed by atoms with Crippen molar-refractivity contribution < 1.29 is 14.3 Å². The molecule has 2 heterocycles. The first kappa shape index (κ1) is 18.3. The Hall–Kier alpha value is -2.06. The van der Waals surface area contributed by atoms with E-state index in [1.54, 1.807) is 38.4 Å². The quantitative estimate of drug-likeness (QED) is 0.627. The van der Waals surface area contributed by atoms with Gasteiger partial charge in [0.15, 0.2) is 5.13 Å². The summed E-state index contributed by atoms with van der Waals surface area (Å²) in [4.78, 5) is 33.3. The fourth-order valence-corrected chi connectivity index (χ4v) is 3.36. The van der Waals surface area contributed by atoms with Gasteiger partial charge in [0, 0.05) is 22.5 Å². The van der Waals surface area contributed by atoms with Crippen LogP contribution in [-0.2, 0) is 19.7 Å². The number of amides is 1. The molecule has 0 radical (unpaired) electrons. The lowest BCUT2D eigenvalue weighted by molar-refractivity contribution is -0.148. The second-order valence-corrected chi connectivity index (χ2v) is 7.61. The molecule has 0 saturated heterocycles. The van der Waals surface area contributed by atoms with E-state index in [0.29, 0.717) is 17.4 Å². The maximum atomic E-state index is 12.0. The minimum Gasteiger partial charge on any atom is -0.465 e. The van der Waals surface area contributed by atoms with Gasteiger partial charge in [-0.05, 0) is 33.8 Å². The SMILES string of the molecule is CCOC(=O)C(C)(C)c1csc(NC(=O)C=Cc2cnc(C)s2)n1. The maximum absolute atomic E-state index is 12.0. The van der Waals surface area contributed by atoms with Crippen molar-refractivity contribution in [3.05, 3.63) is 33.2 Å². The molecule has 1 amide bonds. The molecule has 128 valence electrons. The van der Waals surface area contributed by atoms with Crippen molar-refractivity contribution in [3.63, 3.8) is 0 Å². The molecule has 2 aromatic rings. The van der Waals surface area contributed by atoms with Gasteiger partial charge in [0.2, 0.25) is 5.91 Å². The van der Waals surface area contributed by atoms with Crippen LogP contribution in [-0.4, -0.2) is 28.5 Å². The minimum absolute atomic E-state index is 0.282. The van der Waals surface area contributed by atoms with E-state index in [0.717, 1.165) is 9.88 Å². The molecule has 1 N–H and O–H groups in total. The number of thiazole rings is 2. The molecule has 0 unspecified atom stereocenters. The summed E-state index contributed by atoms with van der Waals surface area (Å²) >= 11 is 2.78. The third kappa shape index (κ3) is 4.48. The summed E-state index contributed by atoms with van der Waals surface area (Å²) in [5.74, 6) is -0.621. The fraction of sp³-hybridized carbons (Fsp3) is 0.375. The van der Waals surface area contributed by atoms with Crippen LogP contribution < -0.4 is 5.32 Å². The Bertz CT molecular complexity index is 762. The molecule has 2 aromatic heterocycles. The van der Waals surface area contributed by atoms with Gasteiger partial charge in [-0.2, -0.15) is 0 Å². The molecule has 0 bridgehead atoms. The lowest BCUT2D eigenvalue weighted by Crippen LogP contribution is -2.31. The number of esters is 1. The van der Waals surface area contributed by atoms with Crippen molar-refractivity contribution in [2.45, 2.75) is 33.1 Å². The molecule has 0 aliphatic rings. The highest BCUT2D eigenvalue weighted by Gasteiger charge is 2.34. The van der Waals surface area contributed by atoms with Crippen molar-refractivity contribution in [2.24, 2.45) is 0 Å². The summed E-state index contributed by atoms with van der Waals surface area (Å²) in [5, 5.41) is 5.84. The molecule has 0 fully saturated rings. The van der Waals surface area contributed by atoms with Crippen LogP contribution in [0.5, 0.6) is 0 Å². The van der Waals surface area contributed by atoms with E-state index in [-0.39, 0.29) is 11.9 Å². The number of aromatic nitrogens is 2. The summed E-state index contributed by atoms with van der Waals surface area (Å²) in [7, 11) is 0. The molecule has 2 rings (SSSR count). The summed E-state index contributed by atoms with van der Waals surface area (Å²) in [6, 6.07) is 0. The third-order valence-electron chi connectivity index (χ3n) is 3.20. The van der Waals surface area contributed by atoms with Gasteiger partial charge in [-0.25, -0.2) is 9.97 Å². The number of rotatable bonds is 6. The Morgan fingerprint density at radius 1 is 1.42 bits per heavy atom. The molecule has 24 heavy (non-hydrogen) atoms. The van der Waals surface area contributed by atoms with Crippen LogP contribution in [0.3, 0.4) is 0 Å². The normalized spacial score (nSPS) is 11.7. The van der Waals surface area contributed by atoms with Crippen LogP contribution in [0.1, 0.15) is 36.3 Å². The zero-order valence-corrected chi connectivity index (χ0v) is 15.6. The summed E-state index contributed by atoms with van der Waals surface area (Å²) in [6.45, 7) is 7.48. The minimum atomic E-state index is -0.856. The average molecular weight is 365 g/mol. The molecule has 6 nitrogen and oxygen atoms in total. The third-order valence-corrected chi connectivity index (χ3v) is 4.83. The molecule has 8 heteroatoms. The molecule has 0 aliphatic carbocycles. The first-order valence-corrected chi connectivity index (χ1v) is 9.07. The molecule has 0 aromatic carbocycles. The lowest BCUT2D eigenvalue weighted by Gasteiger charge is -2.19. The van der Waals surface area contributed by atoms with E-state index in [1.165, 1.54) is 28.7 Å². The van der Waals surface area contributed by atoms with Crippen molar-refractivity contribution in [1.82, 2.24) is 9.97 Å². The highest BCUT2D eigenvalue weighted by molar-refractivity contribution is 7.14. The van der Waals surface area contributed by atoms with Crippen LogP contribution in [0.15, 0.2) is 17.7 Å². The van der Waals surface area contributed by atoms with Gasteiger partial charge in [0.1, 0.15) is 5.41 Å². The van der Waals surface area contributed by atoms with E-state index in [1.807, 2.05) is 6.92 Å². The molecule has 0 spiro atoms. The van der Waals surface area contributed by atoms with Gasteiger partial charge in [-0.15, -0.1) is 22.7 Å². The Balaban J connectivity index is 2.01. The number of ether oxygens (including phenoxy) is 1. The topological polar surface area (TPSA) is 81.2 Å². The number of hydrogen-bond donors (Lipinski definition) is 1. The van der Waals surface area contributed by atoms with Gasteiger partial charge in [-0.3, -0.25) is 14.9 Å². The van der Waals surface area contributed by atoms with Crippen molar-refractivity contribution in [3.8, 4) is 0 Å².